The molecule has 0 aromatic heterocycles. The van der Waals surface area contributed by atoms with Crippen molar-refractivity contribution < 1.29 is 5.11 Å². The Morgan fingerprint density at radius 3 is 2.30 bits per heavy atom. The molecule has 62 valence electrons. The molecule has 0 aromatic rings. The van der Waals surface area contributed by atoms with Gasteiger partial charge >= 0.3 is 0 Å². The van der Waals surface area contributed by atoms with Gasteiger partial charge in [-0.15, -0.1) is 0 Å². The molecule has 0 fully saturated rings. The molecule has 0 rings (SSSR count). The van der Waals surface area contributed by atoms with Crippen LogP contribution in [-0.4, -0.2) is 24.3 Å². The lowest BCUT2D eigenvalue weighted by Crippen LogP contribution is -2.37. The number of likely N-dealkylation sites (N-methyl/N-ethyl adjacent to an activating group) is 1. The Balaban J connectivity index is 3.56. The van der Waals surface area contributed by atoms with E-state index in [-0.39, 0.29) is 12.6 Å². The second-order valence-corrected chi connectivity index (χ2v) is 2.73. The van der Waals surface area contributed by atoms with Crippen molar-refractivity contribution in [2.24, 2.45) is 5.92 Å². The van der Waals surface area contributed by atoms with Crippen molar-refractivity contribution in [2.45, 2.75) is 33.2 Å². The lowest BCUT2D eigenvalue weighted by Gasteiger charge is -2.20. The molecule has 2 nitrogen and oxygen atoms in total. The number of aliphatic hydroxyl groups excluding tert-OH is 1. The van der Waals surface area contributed by atoms with Crippen LogP contribution >= 0.6 is 0 Å². The second kappa shape index (κ2) is 5.69. The summed E-state index contributed by atoms with van der Waals surface area (Å²) >= 11 is 0. The van der Waals surface area contributed by atoms with E-state index < -0.39 is 0 Å². The average molecular weight is 145 g/mol. The second-order valence-electron chi connectivity index (χ2n) is 2.73. The number of nitrogens with one attached hydrogen (secondary N) is 1. The minimum atomic E-state index is 0.253. The third-order valence-corrected chi connectivity index (χ3v) is 1.99. The highest BCUT2D eigenvalue weighted by Gasteiger charge is 2.11. The molecule has 0 aromatic carbocycles. The van der Waals surface area contributed by atoms with Crippen LogP contribution in [0.2, 0.25) is 0 Å². The van der Waals surface area contributed by atoms with Crippen molar-refractivity contribution in [3.63, 3.8) is 0 Å². The van der Waals surface area contributed by atoms with E-state index in [1.165, 1.54) is 0 Å². The van der Waals surface area contributed by atoms with Gasteiger partial charge in [-0.3, -0.25) is 0 Å². The number of aliphatic hydroxyl groups is 1. The summed E-state index contributed by atoms with van der Waals surface area (Å²) in [6, 6.07) is 0.287. The van der Waals surface area contributed by atoms with E-state index >= 15 is 0 Å². The molecular formula is C8H19NO. The van der Waals surface area contributed by atoms with Crippen molar-refractivity contribution in [1.29, 1.82) is 0 Å². The van der Waals surface area contributed by atoms with E-state index in [4.69, 9.17) is 5.11 Å². The zero-order chi connectivity index (χ0) is 7.98. The molecule has 0 spiro atoms. The predicted octanol–water partition coefficient (Wildman–Crippen LogP) is 1.00. The van der Waals surface area contributed by atoms with Gasteiger partial charge in [-0.1, -0.05) is 27.2 Å². The number of rotatable bonds is 5. The van der Waals surface area contributed by atoms with Gasteiger partial charge in [-0.25, -0.2) is 0 Å². The number of hydrogen-bond acceptors (Lipinski definition) is 2. The predicted molar refractivity (Wildman–Crippen MR) is 44.0 cm³/mol. The maximum Gasteiger partial charge on any atom is 0.0587 e. The summed E-state index contributed by atoms with van der Waals surface area (Å²) in [6.07, 6.45) is 1.12. The Morgan fingerprint density at radius 2 is 2.00 bits per heavy atom. The summed E-state index contributed by atoms with van der Waals surface area (Å²) < 4.78 is 0. The fourth-order valence-corrected chi connectivity index (χ4v) is 0.992. The molecule has 0 saturated carbocycles. The summed E-state index contributed by atoms with van der Waals surface area (Å²) in [4.78, 5) is 0. The standard InChI is InChI=1S/C8H19NO/c1-4-7(3)8(6-10)9-5-2/h7-10H,4-6H2,1-3H3/t7-,8+/m0/s1. The largest absolute Gasteiger partial charge is 0.395 e. The Labute approximate surface area is 63.6 Å². The molecular weight excluding hydrogens is 126 g/mol. The first-order valence-corrected chi connectivity index (χ1v) is 4.10. The minimum absolute atomic E-state index is 0.253. The maximum absolute atomic E-state index is 8.90. The first-order valence-electron chi connectivity index (χ1n) is 4.10. The Kier molecular flexibility index (Phi) is 5.64. The van der Waals surface area contributed by atoms with Crippen molar-refractivity contribution in [3.8, 4) is 0 Å². The fraction of sp³-hybridized carbons (Fsp3) is 1.00. The topological polar surface area (TPSA) is 32.3 Å². The molecule has 0 aliphatic heterocycles. The quantitative estimate of drug-likeness (QED) is 0.605. The van der Waals surface area contributed by atoms with Gasteiger partial charge in [0, 0.05) is 6.04 Å². The summed E-state index contributed by atoms with van der Waals surface area (Å²) in [5.41, 5.74) is 0. The van der Waals surface area contributed by atoms with Crippen molar-refractivity contribution in [2.75, 3.05) is 13.2 Å². The summed E-state index contributed by atoms with van der Waals surface area (Å²) in [6.45, 7) is 7.55. The van der Waals surface area contributed by atoms with Crippen LogP contribution in [0.15, 0.2) is 0 Å². The normalized spacial score (nSPS) is 16.8. The van der Waals surface area contributed by atoms with Gasteiger partial charge in [0.2, 0.25) is 0 Å². The lowest BCUT2D eigenvalue weighted by molar-refractivity contribution is 0.204. The average Bonchev–Trinajstić information content (AvgIpc) is 1.99. The zero-order valence-electron chi connectivity index (χ0n) is 7.22. The molecule has 10 heavy (non-hydrogen) atoms. The van der Waals surface area contributed by atoms with Crippen LogP contribution in [0.1, 0.15) is 27.2 Å². The summed E-state index contributed by atoms with van der Waals surface area (Å²) in [5, 5.41) is 12.1. The Hall–Kier alpha value is -0.0800. The first-order chi connectivity index (χ1) is 4.76. The number of hydrogen-bond donors (Lipinski definition) is 2. The smallest absolute Gasteiger partial charge is 0.0587 e. The Morgan fingerprint density at radius 1 is 1.40 bits per heavy atom. The van der Waals surface area contributed by atoms with Gasteiger partial charge in [-0.05, 0) is 12.5 Å². The van der Waals surface area contributed by atoms with E-state index in [0.29, 0.717) is 5.92 Å². The molecule has 0 heterocycles. The van der Waals surface area contributed by atoms with Crippen molar-refractivity contribution >= 4 is 0 Å². The highest BCUT2D eigenvalue weighted by Crippen LogP contribution is 2.05. The molecule has 0 aliphatic carbocycles. The van der Waals surface area contributed by atoms with Crippen LogP contribution < -0.4 is 5.32 Å². The molecule has 2 heteroatoms. The van der Waals surface area contributed by atoms with Gasteiger partial charge in [-0.2, -0.15) is 0 Å². The summed E-state index contributed by atoms with van der Waals surface area (Å²) in [7, 11) is 0. The molecule has 0 unspecified atom stereocenters. The van der Waals surface area contributed by atoms with Crippen LogP contribution in [-0.2, 0) is 0 Å². The SMILES string of the molecule is CCN[C@H](CO)[C@@H](C)CC. The van der Waals surface area contributed by atoms with Crippen molar-refractivity contribution in [3.05, 3.63) is 0 Å². The third-order valence-electron chi connectivity index (χ3n) is 1.99. The highest BCUT2D eigenvalue weighted by atomic mass is 16.3. The van der Waals surface area contributed by atoms with E-state index in [0.717, 1.165) is 13.0 Å². The minimum Gasteiger partial charge on any atom is -0.395 e. The van der Waals surface area contributed by atoms with E-state index in [2.05, 4.69) is 26.1 Å². The highest BCUT2D eigenvalue weighted by molar-refractivity contribution is 4.69. The molecule has 0 amide bonds. The van der Waals surface area contributed by atoms with Crippen LogP contribution in [0.3, 0.4) is 0 Å². The van der Waals surface area contributed by atoms with E-state index in [1.54, 1.807) is 0 Å². The maximum atomic E-state index is 8.90. The van der Waals surface area contributed by atoms with E-state index in [1.807, 2.05) is 0 Å². The van der Waals surface area contributed by atoms with Gasteiger partial charge < -0.3 is 10.4 Å². The van der Waals surface area contributed by atoms with Gasteiger partial charge in [0.05, 0.1) is 6.61 Å². The van der Waals surface area contributed by atoms with Gasteiger partial charge in [0.15, 0.2) is 0 Å². The fourth-order valence-electron chi connectivity index (χ4n) is 0.992. The molecule has 0 saturated heterocycles. The molecule has 0 bridgehead atoms. The lowest BCUT2D eigenvalue weighted by atomic mass is 10.0. The van der Waals surface area contributed by atoms with Crippen LogP contribution in [0.4, 0.5) is 0 Å². The van der Waals surface area contributed by atoms with Crippen LogP contribution in [0, 0.1) is 5.92 Å². The molecule has 0 radical (unpaired) electrons. The molecule has 2 atom stereocenters. The zero-order valence-corrected chi connectivity index (χ0v) is 7.22. The first kappa shape index (κ1) is 9.92. The van der Waals surface area contributed by atoms with Crippen molar-refractivity contribution in [1.82, 2.24) is 5.32 Å². The molecule has 0 aliphatic rings. The Bertz CT molecular complexity index is 75.7. The monoisotopic (exact) mass is 145 g/mol. The van der Waals surface area contributed by atoms with Crippen LogP contribution in [0.5, 0.6) is 0 Å². The third kappa shape index (κ3) is 3.18. The van der Waals surface area contributed by atoms with E-state index in [9.17, 15) is 0 Å². The van der Waals surface area contributed by atoms with Gasteiger partial charge in [0.25, 0.3) is 0 Å². The van der Waals surface area contributed by atoms with Gasteiger partial charge in [0.1, 0.15) is 0 Å². The summed E-state index contributed by atoms with van der Waals surface area (Å²) in [5.74, 6) is 0.574. The molecule has 2 N–H and O–H groups in total. The van der Waals surface area contributed by atoms with Crippen LogP contribution in [0.25, 0.3) is 0 Å².